The van der Waals surface area contributed by atoms with E-state index in [0.717, 1.165) is 11.4 Å². The van der Waals surface area contributed by atoms with Gasteiger partial charge in [-0.1, -0.05) is 11.6 Å². The molecule has 0 atom stereocenters. The Kier molecular flexibility index (Phi) is 5.05. The van der Waals surface area contributed by atoms with Crippen molar-refractivity contribution in [1.29, 1.82) is 0 Å². The minimum absolute atomic E-state index is 0.188. The lowest BCUT2D eigenvalue weighted by Crippen LogP contribution is -2.18. The zero-order chi connectivity index (χ0) is 17.1. The second kappa shape index (κ2) is 6.82. The van der Waals surface area contributed by atoms with Gasteiger partial charge in [-0.2, -0.15) is 10.2 Å². The molecule has 124 valence electrons. The summed E-state index contributed by atoms with van der Waals surface area (Å²) in [4.78, 5) is 23.8. The molecule has 23 heavy (non-hydrogen) atoms. The van der Waals surface area contributed by atoms with Crippen molar-refractivity contribution < 1.29 is 14.3 Å². The molecule has 2 heterocycles. The van der Waals surface area contributed by atoms with Gasteiger partial charge in [-0.3, -0.25) is 14.2 Å². The van der Waals surface area contributed by atoms with E-state index in [1.807, 2.05) is 13.8 Å². The number of amides is 1. The highest BCUT2D eigenvalue weighted by molar-refractivity contribution is 6.31. The summed E-state index contributed by atoms with van der Waals surface area (Å²) in [5.41, 5.74) is 2.05. The number of hydrogen-bond acceptors (Lipinski definition) is 5. The SMILES string of the molecule is COC(=O)c1c(NC(=O)CCn2nc(C)c(Cl)c2C)cnn1C. The van der Waals surface area contributed by atoms with Crippen LogP contribution in [0.5, 0.6) is 0 Å². The van der Waals surface area contributed by atoms with Crippen molar-refractivity contribution >= 4 is 29.2 Å². The summed E-state index contributed by atoms with van der Waals surface area (Å²) in [6.45, 7) is 4.04. The third-order valence-electron chi connectivity index (χ3n) is 3.44. The average Bonchev–Trinajstić information content (AvgIpc) is 2.99. The number of methoxy groups -OCH3 is 1. The maximum Gasteiger partial charge on any atom is 0.358 e. The molecule has 0 radical (unpaired) electrons. The van der Waals surface area contributed by atoms with Gasteiger partial charge in [0.1, 0.15) is 0 Å². The first-order valence-corrected chi connectivity index (χ1v) is 7.32. The summed E-state index contributed by atoms with van der Waals surface area (Å²) >= 11 is 6.07. The number of carbonyl (C=O) groups is 2. The van der Waals surface area contributed by atoms with Gasteiger partial charge >= 0.3 is 5.97 Å². The molecule has 0 saturated heterocycles. The highest BCUT2D eigenvalue weighted by atomic mass is 35.5. The molecule has 0 aliphatic carbocycles. The van der Waals surface area contributed by atoms with Crippen LogP contribution in [0.4, 0.5) is 5.69 Å². The lowest BCUT2D eigenvalue weighted by molar-refractivity contribution is -0.116. The normalized spacial score (nSPS) is 10.7. The largest absolute Gasteiger partial charge is 0.464 e. The number of esters is 1. The number of carbonyl (C=O) groups excluding carboxylic acids is 2. The van der Waals surface area contributed by atoms with E-state index in [4.69, 9.17) is 11.6 Å². The lowest BCUT2D eigenvalue weighted by Gasteiger charge is -2.07. The van der Waals surface area contributed by atoms with Crippen molar-refractivity contribution in [3.05, 3.63) is 28.3 Å². The van der Waals surface area contributed by atoms with Gasteiger partial charge in [-0.05, 0) is 13.8 Å². The summed E-state index contributed by atoms with van der Waals surface area (Å²) in [6.07, 6.45) is 1.60. The topological polar surface area (TPSA) is 91.0 Å². The highest BCUT2D eigenvalue weighted by Gasteiger charge is 2.19. The Labute approximate surface area is 138 Å². The van der Waals surface area contributed by atoms with Gasteiger partial charge < -0.3 is 10.1 Å². The molecule has 0 bridgehead atoms. The molecule has 8 nitrogen and oxygen atoms in total. The second-order valence-electron chi connectivity index (χ2n) is 5.03. The van der Waals surface area contributed by atoms with Crippen LogP contribution in [0, 0.1) is 13.8 Å². The molecular weight excluding hydrogens is 322 g/mol. The van der Waals surface area contributed by atoms with Crippen LogP contribution in [-0.4, -0.2) is 38.5 Å². The molecule has 0 unspecified atom stereocenters. The van der Waals surface area contributed by atoms with E-state index < -0.39 is 5.97 Å². The molecular formula is C14H18ClN5O3. The molecule has 1 amide bonds. The van der Waals surface area contributed by atoms with Gasteiger partial charge in [0.05, 0.1) is 41.9 Å². The third kappa shape index (κ3) is 3.53. The van der Waals surface area contributed by atoms with Crippen molar-refractivity contribution in [2.24, 2.45) is 7.05 Å². The molecule has 2 aromatic heterocycles. The minimum Gasteiger partial charge on any atom is -0.464 e. The number of nitrogens with zero attached hydrogens (tertiary/aromatic N) is 4. The van der Waals surface area contributed by atoms with Crippen molar-refractivity contribution in [3.63, 3.8) is 0 Å². The zero-order valence-electron chi connectivity index (χ0n) is 13.4. The number of halogens is 1. The van der Waals surface area contributed by atoms with Crippen LogP contribution in [0.1, 0.15) is 28.3 Å². The molecule has 9 heteroatoms. The van der Waals surface area contributed by atoms with Gasteiger partial charge in [0.15, 0.2) is 5.69 Å². The van der Waals surface area contributed by atoms with E-state index in [-0.39, 0.29) is 18.0 Å². The number of anilines is 1. The van der Waals surface area contributed by atoms with Gasteiger partial charge in [0.25, 0.3) is 0 Å². The van der Waals surface area contributed by atoms with Crippen molar-refractivity contribution in [2.45, 2.75) is 26.8 Å². The lowest BCUT2D eigenvalue weighted by atomic mass is 10.3. The van der Waals surface area contributed by atoms with E-state index in [0.29, 0.717) is 17.3 Å². The fourth-order valence-corrected chi connectivity index (χ4v) is 2.32. The minimum atomic E-state index is -0.564. The molecule has 2 aromatic rings. The predicted molar refractivity (Wildman–Crippen MR) is 84.5 cm³/mol. The van der Waals surface area contributed by atoms with Crippen LogP contribution in [0.25, 0.3) is 0 Å². The number of hydrogen-bond donors (Lipinski definition) is 1. The average molecular weight is 340 g/mol. The standard InChI is InChI=1S/C14H18ClN5O3/c1-8-12(15)9(2)20(18-8)6-5-11(21)17-10-7-16-19(3)13(10)14(22)23-4/h7H,5-6H2,1-4H3,(H,17,21). The third-order valence-corrected chi connectivity index (χ3v) is 3.98. The molecule has 0 aliphatic rings. The molecule has 0 aromatic carbocycles. The van der Waals surface area contributed by atoms with E-state index in [1.54, 1.807) is 11.7 Å². The Morgan fingerprint density at radius 3 is 2.65 bits per heavy atom. The van der Waals surface area contributed by atoms with Gasteiger partial charge in [-0.25, -0.2) is 4.79 Å². The van der Waals surface area contributed by atoms with Crippen molar-refractivity contribution in [1.82, 2.24) is 19.6 Å². The smallest absolute Gasteiger partial charge is 0.358 e. The van der Waals surface area contributed by atoms with Crippen LogP contribution in [0.2, 0.25) is 5.02 Å². The summed E-state index contributed by atoms with van der Waals surface area (Å²) in [6, 6.07) is 0. The molecule has 1 N–H and O–H groups in total. The van der Waals surface area contributed by atoms with Crippen LogP contribution in [0.3, 0.4) is 0 Å². The van der Waals surface area contributed by atoms with Gasteiger partial charge in [-0.15, -0.1) is 0 Å². The van der Waals surface area contributed by atoms with Gasteiger partial charge in [0.2, 0.25) is 5.91 Å². The fraction of sp³-hybridized carbons (Fsp3) is 0.429. The van der Waals surface area contributed by atoms with Crippen LogP contribution < -0.4 is 5.32 Å². The van der Waals surface area contributed by atoms with E-state index >= 15 is 0 Å². The van der Waals surface area contributed by atoms with E-state index in [2.05, 4.69) is 20.3 Å². The van der Waals surface area contributed by atoms with Crippen molar-refractivity contribution in [3.8, 4) is 0 Å². The molecule has 0 fully saturated rings. The first-order chi connectivity index (χ1) is 10.8. The Morgan fingerprint density at radius 1 is 1.39 bits per heavy atom. The Bertz CT molecular complexity index is 750. The predicted octanol–water partition coefficient (Wildman–Crippen LogP) is 1.70. The molecule has 0 aliphatic heterocycles. The van der Waals surface area contributed by atoms with Crippen molar-refractivity contribution in [2.75, 3.05) is 12.4 Å². The zero-order valence-corrected chi connectivity index (χ0v) is 14.1. The highest BCUT2D eigenvalue weighted by Crippen LogP contribution is 2.19. The Balaban J connectivity index is 2.03. The summed E-state index contributed by atoms with van der Waals surface area (Å²) in [5.74, 6) is -0.822. The summed E-state index contributed by atoms with van der Waals surface area (Å²) in [5, 5.41) is 11.5. The molecule has 0 saturated carbocycles. The first-order valence-electron chi connectivity index (χ1n) is 6.94. The summed E-state index contributed by atoms with van der Waals surface area (Å²) in [7, 11) is 2.87. The van der Waals surface area contributed by atoms with Gasteiger partial charge in [0, 0.05) is 13.5 Å². The fourth-order valence-electron chi connectivity index (χ4n) is 2.18. The molecule has 2 rings (SSSR count). The number of nitrogens with one attached hydrogen (secondary N) is 1. The number of rotatable bonds is 5. The monoisotopic (exact) mass is 339 g/mol. The van der Waals surface area contributed by atoms with Crippen LogP contribution in [-0.2, 0) is 23.1 Å². The Morgan fingerprint density at radius 2 is 2.09 bits per heavy atom. The van der Waals surface area contributed by atoms with E-state index in [9.17, 15) is 9.59 Å². The Hall–Kier alpha value is -2.35. The first kappa shape index (κ1) is 17.0. The quantitative estimate of drug-likeness (QED) is 0.837. The van der Waals surface area contributed by atoms with E-state index in [1.165, 1.54) is 18.0 Å². The number of ether oxygens (including phenoxy) is 1. The summed E-state index contributed by atoms with van der Waals surface area (Å²) < 4.78 is 7.71. The number of aromatic nitrogens is 4. The number of aryl methyl sites for hydroxylation is 3. The maximum atomic E-state index is 12.1. The maximum absolute atomic E-state index is 12.1. The second-order valence-corrected chi connectivity index (χ2v) is 5.41. The van der Waals surface area contributed by atoms with Crippen LogP contribution >= 0.6 is 11.6 Å². The van der Waals surface area contributed by atoms with Crippen LogP contribution in [0.15, 0.2) is 6.20 Å². The molecule has 0 spiro atoms.